The van der Waals surface area contributed by atoms with Crippen molar-refractivity contribution in [2.45, 2.75) is 6.92 Å². The third-order valence-corrected chi connectivity index (χ3v) is 7.46. The smallest absolute Gasteiger partial charge is 0.138 e. The van der Waals surface area contributed by atoms with E-state index in [0.29, 0.717) is 0 Å². The monoisotopic (exact) mass is 474 g/mol. The number of pyridine rings is 3. The van der Waals surface area contributed by atoms with E-state index in [-0.39, 0.29) is 0 Å². The molecule has 174 valence electrons. The van der Waals surface area contributed by atoms with Gasteiger partial charge >= 0.3 is 0 Å². The van der Waals surface area contributed by atoms with Crippen LogP contribution in [0.1, 0.15) is 5.69 Å². The summed E-state index contributed by atoms with van der Waals surface area (Å²) in [6.45, 7) is 2.18. The van der Waals surface area contributed by atoms with Crippen LogP contribution in [-0.2, 0) is 0 Å². The molecule has 0 aliphatic rings. The van der Waals surface area contributed by atoms with E-state index in [0.717, 1.165) is 33.1 Å². The summed E-state index contributed by atoms with van der Waals surface area (Å²) >= 11 is 0. The molecule has 0 fully saturated rings. The van der Waals surface area contributed by atoms with E-state index >= 15 is 0 Å². The van der Waals surface area contributed by atoms with Crippen molar-refractivity contribution in [3.8, 4) is 17.1 Å². The number of benzene rings is 3. The third kappa shape index (κ3) is 2.78. The Bertz CT molecular complexity index is 2150. The van der Waals surface area contributed by atoms with Crippen LogP contribution in [0.3, 0.4) is 0 Å². The van der Waals surface area contributed by atoms with E-state index in [1.807, 2.05) is 12.3 Å². The summed E-state index contributed by atoms with van der Waals surface area (Å²) in [6, 6.07) is 38.5. The normalized spacial score (nSPS) is 11.9. The van der Waals surface area contributed by atoms with Crippen LogP contribution in [0.5, 0.6) is 0 Å². The topological polar surface area (TPSA) is 35.1 Å². The molecule has 0 saturated heterocycles. The number of fused-ring (bicyclic) bond motifs is 8. The molecule has 0 radical (unpaired) electrons. The standard InChI is InChI=1S/C33H22N4/c1-21-9-7-15-27-33-29(32(36(21)27)24-10-3-2-4-11-24)25-13-5-6-14-26(25)37(33)28-19-18-23-17-16-22-12-8-20-34-30(22)31(23)35-28/h2-20H,1H3. The van der Waals surface area contributed by atoms with E-state index in [4.69, 9.17) is 4.98 Å². The zero-order valence-electron chi connectivity index (χ0n) is 20.3. The minimum Gasteiger partial charge on any atom is -0.311 e. The van der Waals surface area contributed by atoms with Gasteiger partial charge in [-0.3, -0.25) is 9.55 Å². The number of aryl methyl sites for hydroxylation is 1. The first-order valence-corrected chi connectivity index (χ1v) is 12.5. The lowest BCUT2D eigenvalue weighted by Gasteiger charge is -2.11. The van der Waals surface area contributed by atoms with Gasteiger partial charge in [0, 0.05) is 33.4 Å². The highest BCUT2D eigenvalue weighted by Gasteiger charge is 2.23. The summed E-state index contributed by atoms with van der Waals surface area (Å²) in [5, 5.41) is 4.65. The van der Waals surface area contributed by atoms with E-state index in [2.05, 4.69) is 124 Å². The van der Waals surface area contributed by atoms with Crippen molar-refractivity contribution in [1.82, 2.24) is 18.9 Å². The van der Waals surface area contributed by atoms with Crippen LogP contribution >= 0.6 is 0 Å². The lowest BCUT2D eigenvalue weighted by Crippen LogP contribution is -1.99. The number of para-hydroxylation sites is 1. The molecule has 0 unspecified atom stereocenters. The van der Waals surface area contributed by atoms with Gasteiger partial charge in [-0.25, -0.2) is 4.98 Å². The molecule has 5 aromatic heterocycles. The summed E-state index contributed by atoms with van der Waals surface area (Å²) in [7, 11) is 0. The SMILES string of the molecule is Cc1cccc2c3c(c(-c4ccccc4)n12)c1ccccc1n3-c1ccc2ccc3cccnc3c2n1. The highest BCUT2D eigenvalue weighted by molar-refractivity contribution is 6.21. The molecule has 0 aliphatic carbocycles. The first-order valence-electron chi connectivity index (χ1n) is 12.5. The van der Waals surface area contributed by atoms with Gasteiger partial charge in [-0.15, -0.1) is 0 Å². The Morgan fingerprint density at radius 3 is 2.27 bits per heavy atom. The molecule has 4 nitrogen and oxygen atoms in total. The van der Waals surface area contributed by atoms with Gasteiger partial charge in [0.2, 0.25) is 0 Å². The molecular formula is C33H22N4. The second-order valence-electron chi connectivity index (χ2n) is 9.56. The Morgan fingerprint density at radius 2 is 1.38 bits per heavy atom. The average molecular weight is 475 g/mol. The maximum Gasteiger partial charge on any atom is 0.138 e. The number of hydrogen-bond acceptors (Lipinski definition) is 2. The van der Waals surface area contributed by atoms with Crippen molar-refractivity contribution in [2.24, 2.45) is 0 Å². The molecule has 8 rings (SSSR count). The van der Waals surface area contributed by atoms with Gasteiger partial charge in [0.25, 0.3) is 0 Å². The Labute approximate surface area is 213 Å². The van der Waals surface area contributed by atoms with Crippen molar-refractivity contribution >= 4 is 49.1 Å². The minimum atomic E-state index is 0.894. The first-order chi connectivity index (χ1) is 18.3. The predicted octanol–water partition coefficient (Wildman–Crippen LogP) is 8.11. The third-order valence-electron chi connectivity index (χ3n) is 7.46. The molecule has 0 N–H and O–H groups in total. The summed E-state index contributed by atoms with van der Waals surface area (Å²) in [6.07, 6.45) is 1.84. The molecule has 4 heteroatoms. The maximum absolute atomic E-state index is 5.25. The van der Waals surface area contributed by atoms with Gasteiger partial charge in [0.15, 0.2) is 0 Å². The van der Waals surface area contributed by atoms with Gasteiger partial charge in [0.1, 0.15) is 5.82 Å². The maximum atomic E-state index is 5.25. The van der Waals surface area contributed by atoms with Crippen LogP contribution in [0, 0.1) is 6.92 Å². The summed E-state index contributed by atoms with van der Waals surface area (Å²) < 4.78 is 4.72. The molecule has 0 saturated carbocycles. The number of rotatable bonds is 2. The van der Waals surface area contributed by atoms with Crippen LogP contribution < -0.4 is 0 Å². The lowest BCUT2D eigenvalue weighted by atomic mass is 10.1. The van der Waals surface area contributed by atoms with Crippen molar-refractivity contribution in [1.29, 1.82) is 0 Å². The van der Waals surface area contributed by atoms with Gasteiger partial charge in [0.05, 0.1) is 33.3 Å². The molecule has 8 aromatic rings. The molecule has 3 aromatic carbocycles. The van der Waals surface area contributed by atoms with E-state index in [1.54, 1.807) is 0 Å². The largest absolute Gasteiger partial charge is 0.311 e. The van der Waals surface area contributed by atoms with Crippen LogP contribution in [-0.4, -0.2) is 18.9 Å². The van der Waals surface area contributed by atoms with E-state index < -0.39 is 0 Å². The van der Waals surface area contributed by atoms with Crippen LogP contribution in [0.2, 0.25) is 0 Å². The number of nitrogens with zero attached hydrogens (tertiary/aromatic N) is 4. The van der Waals surface area contributed by atoms with Gasteiger partial charge in [-0.05, 0) is 48.9 Å². The molecule has 0 spiro atoms. The predicted molar refractivity (Wildman–Crippen MR) is 153 cm³/mol. The average Bonchev–Trinajstić information content (AvgIpc) is 3.47. The molecular weight excluding hydrogens is 452 g/mol. The quantitative estimate of drug-likeness (QED) is 0.237. The van der Waals surface area contributed by atoms with Crippen LogP contribution in [0.15, 0.2) is 115 Å². The van der Waals surface area contributed by atoms with Gasteiger partial charge in [-0.2, -0.15) is 0 Å². The zero-order valence-corrected chi connectivity index (χ0v) is 20.3. The number of aromatic nitrogens is 4. The molecule has 0 atom stereocenters. The van der Waals surface area contributed by atoms with Crippen molar-refractivity contribution in [3.63, 3.8) is 0 Å². The van der Waals surface area contributed by atoms with E-state index in [9.17, 15) is 0 Å². The van der Waals surface area contributed by atoms with E-state index in [1.165, 1.54) is 38.8 Å². The molecule has 0 aliphatic heterocycles. The second-order valence-corrected chi connectivity index (χ2v) is 9.56. The van der Waals surface area contributed by atoms with Gasteiger partial charge < -0.3 is 4.40 Å². The Morgan fingerprint density at radius 1 is 0.622 bits per heavy atom. The van der Waals surface area contributed by atoms with Gasteiger partial charge in [-0.1, -0.05) is 72.8 Å². The fourth-order valence-corrected chi connectivity index (χ4v) is 5.88. The highest BCUT2D eigenvalue weighted by Crippen LogP contribution is 2.43. The molecule has 5 heterocycles. The molecule has 37 heavy (non-hydrogen) atoms. The number of hydrogen-bond donors (Lipinski definition) is 0. The molecule has 0 bridgehead atoms. The molecule has 0 amide bonds. The van der Waals surface area contributed by atoms with Crippen molar-refractivity contribution in [3.05, 3.63) is 121 Å². The van der Waals surface area contributed by atoms with Crippen LogP contribution in [0.4, 0.5) is 0 Å². The summed E-state index contributed by atoms with van der Waals surface area (Å²) in [4.78, 5) is 9.93. The fourth-order valence-electron chi connectivity index (χ4n) is 5.88. The Kier molecular flexibility index (Phi) is 4.12. The second kappa shape index (κ2) is 7.52. The van der Waals surface area contributed by atoms with Crippen molar-refractivity contribution in [2.75, 3.05) is 0 Å². The summed E-state index contributed by atoms with van der Waals surface area (Å²) in [5.74, 6) is 0.894. The highest BCUT2D eigenvalue weighted by atomic mass is 15.1. The minimum absolute atomic E-state index is 0.894. The van der Waals surface area contributed by atoms with Crippen molar-refractivity contribution < 1.29 is 0 Å². The zero-order chi connectivity index (χ0) is 24.5. The Balaban J connectivity index is 1.58. The van der Waals surface area contributed by atoms with Crippen LogP contribution in [0.25, 0.3) is 66.2 Å². The Hall–Kier alpha value is -4.96. The first kappa shape index (κ1) is 20.3. The lowest BCUT2D eigenvalue weighted by molar-refractivity contribution is 1.09. The summed E-state index contributed by atoms with van der Waals surface area (Å²) in [5.41, 5.74) is 8.95. The fraction of sp³-hybridized carbons (Fsp3) is 0.0303.